The van der Waals surface area contributed by atoms with Gasteiger partial charge in [0, 0.05) is 25.0 Å². The molecule has 0 saturated carbocycles. The predicted octanol–water partition coefficient (Wildman–Crippen LogP) is 3.03. The lowest BCUT2D eigenvalue weighted by Gasteiger charge is -2.36. The molecule has 2 fully saturated rings. The number of nitrogens with one attached hydrogen (secondary N) is 3. The van der Waals surface area contributed by atoms with Crippen LogP contribution in [0.25, 0.3) is 17.0 Å². The molecule has 4 atom stereocenters. The molecule has 3 aliphatic heterocycles. The van der Waals surface area contributed by atoms with Gasteiger partial charge in [-0.15, -0.1) is 0 Å². The molecule has 2 unspecified atom stereocenters. The molecule has 3 N–H and O–H groups in total. The number of cyclic esters (lactones) is 1. The highest BCUT2D eigenvalue weighted by molar-refractivity contribution is 5.96. The van der Waals surface area contributed by atoms with Crippen molar-refractivity contribution in [2.24, 2.45) is 11.3 Å². The van der Waals surface area contributed by atoms with Crippen molar-refractivity contribution in [3.05, 3.63) is 47.7 Å². The van der Waals surface area contributed by atoms with Gasteiger partial charge in [0.25, 0.3) is 5.91 Å². The molecule has 4 amide bonds. The van der Waals surface area contributed by atoms with E-state index in [9.17, 15) is 24.0 Å². The number of amides is 4. The zero-order chi connectivity index (χ0) is 33.9. The predicted molar refractivity (Wildman–Crippen MR) is 176 cm³/mol. The van der Waals surface area contributed by atoms with Crippen LogP contribution in [0, 0.1) is 11.3 Å². The minimum absolute atomic E-state index is 0.238. The number of carbonyl (C=O) groups excluding carboxylic acids is 5. The summed E-state index contributed by atoms with van der Waals surface area (Å²) in [5.41, 5.74) is 4.10. The molecule has 0 radical (unpaired) electrons. The highest BCUT2D eigenvalue weighted by atomic mass is 16.5. The van der Waals surface area contributed by atoms with E-state index in [1.165, 1.54) is 5.01 Å². The first-order valence-electron chi connectivity index (χ1n) is 16.6. The van der Waals surface area contributed by atoms with Crippen LogP contribution in [-0.4, -0.2) is 82.3 Å². The number of carbonyl (C=O) groups is 5. The van der Waals surface area contributed by atoms with Crippen molar-refractivity contribution in [3.8, 4) is 0 Å². The lowest BCUT2D eigenvalue weighted by Crippen LogP contribution is -2.62. The molecule has 47 heavy (non-hydrogen) atoms. The van der Waals surface area contributed by atoms with E-state index in [2.05, 4.69) is 16.1 Å². The Hall–Kier alpha value is -4.32. The van der Waals surface area contributed by atoms with Crippen molar-refractivity contribution < 1.29 is 28.7 Å². The van der Waals surface area contributed by atoms with E-state index in [4.69, 9.17) is 9.72 Å². The van der Waals surface area contributed by atoms with Gasteiger partial charge in [-0.25, -0.2) is 10.4 Å². The van der Waals surface area contributed by atoms with Gasteiger partial charge in [0.2, 0.25) is 17.7 Å². The summed E-state index contributed by atoms with van der Waals surface area (Å²) >= 11 is 0. The van der Waals surface area contributed by atoms with Gasteiger partial charge in [0.05, 0.1) is 23.0 Å². The maximum Gasteiger partial charge on any atom is 0.325 e. The van der Waals surface area contributed by atoms with E-state index in [1.54, 1.807) is 45.6 Å². The van der Waals surface area contributed by atoms with Crippen LogP contribution in [-0.2, 0) is 28.7 Å². The zero-order valence-corrected chi connectivity index (χ0v) is 27.9. The Morgan fingerprint density at radius 3 is 2.47 bits per heavy atom. The first-order chi connectivity index (χ1) is 22.3. The Morgan fingerprint density at radius 2 is 1.74 bits per heavy atom. The van der Waals surface area contributed by atoms with Crippen LogP contribution < -0.4 is 16.1 Å². The molecule has 5 bridgehead atoms. The third-order valence-corrected chi connectivity index (χ3v) is 9.15. The minimum Gasteiger partial charge on any atom is -0.455 e. The van der Waals surface area contributed by atoms with E-state index in [0.717, 1.165) is 23.8 Å². The summed E-state index contributed by atoms with van der Waals surface area (Å²) in [6, 6.07) is 6.52. The summed E-state index contributed by atoms with van der Waals surface area (Å²) in [5, 5.41) is 7.88. The lowest BCUT2D eigenvalue weighted by molar-refractivity contribution is -0.157. The summed E-state index contributed by atoms with van der Waals surface area (Å²) in [6.45, 7) is 10.4. The molecule has 5 rings (SSSR count). The maximum absolute atomic E-state index is 14.0. The Labute approximate surface area is 275 Å². The Kier molecular flexibility index (Phi) is 10.3. The van der Waals surface area contributed by atoms with Crippen LogP contribution in [0.3, 0.4) is 0 Å². The van der Waals surface area contributed by atoms with E-state index in [0.29, 0.717) is 37.1 Å². The summed E-state index contributed by atoms with van der Waals surface area (Å²) in [7, 11) is 0. The van der Waals surface area contributed by atoms with Gasteiger partial charge >= 0.3 is 5.97 Å². The van der Waals surface area contributed by atoms with Gasteiger partial charge < -0.3 is 20.3 Å². The molecule has 12 heteroatoms. The largest absolute Gasteiger partial charge is 0.455 e. The standard InChI is InChI=1S/C35H46N6O6/c1-21(2)30-31(43)37-28(20-29(42)40-16-6-7-17-40)32(44)41-18-8-9-26(39-41)33(45)47-22(3)25-13-12-24-11-10-23(19-27(24)36-25)14-15-35(4,5)34(46)38-30/h10-15,19,21-22,26,28,30,39H,6-9,16-18,20H2,1-5H3,(H,37,43)(H,38,46)/b15-14+/t22-,26?,28?,30+/m1/s1. The molecular weight excluding hydrogens is 600 g/mol. The Bertz CT molecular complexity index is 1560. The second-order valence-corrected chi connectivity index (χ2v) is 13.7. The van der Waals surface area contributed by atoms with E-state index >= 15 is 0 Å². The van der Waals surface area contributed by atoms with Crippen molar-refractivity contribution in [1.29, 1.82) is 0 Å². The summed E-state index contributed by atoms with van der Waals surface area (Å²) in [4.78, 5) is 74.4. The van der Waals surface area contributed by atoms with Crippen molar-refractivity contribution in [3.63, 3.8) is 0 Å². The fourth-order valence-corrected chi connectivity index (χ4v) is 6.07. The van der Waals surface area contributed by atoms with Crippen LogP contribution >= 0.6 is 0 Å². The number of likely N-dealkylation sites (tertiary alicyclic amines) is 1. The Balaban J connectivity index is 1.50. The molecule has 12 nitrogen and oxygen atoms in total. The number of hydrogen-bond donors (Lipinski definition) is 3. The third kappa shape index (κ3) is 7.98. The molecule has 2 aromatic rings. The number of rotatable bonds is 3. The maximum atomic E-state index is 14.0. The van der Waals surface area contributed by atoms with Crippen LogP contribution in [0.5, 0.6) is 0 Å². The highest BCUT2D eigenvalue weighted by Crippen LogP contribution is 2.25. The third-order valence-electron chi connectivity index (χ3n) is 9.15. The number of fused-ring (bicyclic) bond motifs is 4. The van der Waals surface area contributed by atoms with Gasteiger partial charge in [-0.1, -0.05) is 44.2 Å². The molecule has 0 aliphatic carbocycles. The summed E-state index contributed by atoms with van der Waals surface area (Å²) in [5.74, 6) is -2.55. The number of hydrazine groups is 1. The van der Waals surface area contributed by atoms with Crippen molar-refractivity contribution in [2.75, 3.05) is 19.6 Å². The fraction of sp³-hybridized carbons (Fsp3) is 0.543. The Morgan fingerprint density at radius 1 is 1.02 bits per heavy atom. The number of hydrogen-bond acceptors (Lipinski definition) is 8. The number of pyridine rings is 1. The second-order valence-electron chi connectivity index (χ2n) is 13.7. The molecular formula is C35H46N6O6. The molecule has 2 saturated heterocycles. The minimum atomic E-state index is -1.21. The highest BCUT2D eigenvalue weighted by Gasteiger charge is 2.38. The lowest BCUT2D eigenvalue weighted by atomic mass is 9.89. The average molecular weight is 647 g/mol. The van der Waals surface area contributed by atoms with Crippen molar-refractivity contribution >= 4 is 46.6 Å². The number of ether oxygens (including phenoxy) is 1. The smallest absolute Gasteiger partial charge is 0.325 e. The molecule has 3 aliphatic rings. The molecule has 0 spiro atoms. The molecule has 4 heterocycles. The molecule has 1 aromatic carbocycles. The fourth-order valence-electron chi connectivity index (χ4n) is 6.07. The van der Waals surface area contributed by atoms with Crippen LogP contribution in [0.15, 0.2) is 36.4 Å². The topological polar surface area (TPSA) is 150 Å². The van der Waals surface area contributed by atoms with Crippen LogP contribution in [0.2, 0.25) is 0 Å². The number of benzene rings is 1. The van der Waals surface area contributed by atoms with Gasteiger partial charge in [-0.3, -0.25) is 29.0 Å². The number of aromatic nitrogens is 1. The van der Waals surface area contributed by atoms with Crippen molar-refractivity contribution in [1.82, 2.24) is 31.0 Å². The summed E-state index contributed by atoms with van der Waals surface area (Å²) in [6.07, 6.45) is 5.43. The van der Waals surface area contributed by atoms with Crippen LogP contribution in [0.4, 0.5) is 0 Å². The van der Waals surface area contributed by atoms with E-state index in [-0.39, 0.29) is 30.7 Å². The normalized spacial score (nSPS) is 26.6. The van der Waals surface area contributed by atoms with Crippen molar-refractivity contribution in [2.45, 2.75) is 91.0 Å². The quantitative estimate of drug-likeness (QED) is 0.431. The number of esters is 1. The van der Waals surface area contributed by atoms with Gasteiger partial charge in [0.15, 0.2) is 0 Å². The zero-order valence-electron chi connectivity index (χ0n) is 27.9. The van der Waals surface area contributed by atoms with E-state index < -0.39 is 47.4 Å². The van der Waals surface area contributed by atoms with Gasteiger partial charge in [-0.2, -0.15) is 0 Å². The SMILES string of the molecule is CC(C)[C@@H]1NC(=O)C(C)(C)/C=C/c2ccc3ccc(nc3c2)[C@@H](C)OC(=O)C2CCCN(N2)C(=O)C(CC(=O)N2CCCC2)NC1=O. The number of nitrogens with zero attached hydrogens (tertiary/aromatic N) is 3. The first-order valence-corrected chi connectivity index (χ1v) is 16.6. The monoisotopic (exact) mass is 646 g/mol. The second kappa shape index (κ2) is 14.2. The van der Waals surface area contributed by atoms with Gasteiger partial charge in [0.1, 0.15) is 24.2 Å². The first kappa shape index (κ1) is 34.0. The summed E-state index contributed by atoms with van der Waals surface area (Å²) < 4.78 is 5.82. The van der Waals surface area contributed by atoms with Crippen LogP contribution in [0.1, 0.15) is 84.1 Å². The average Bonchev–Trinajstić information content (AvgIpc) is 3.60. The molecule has 252 valence electrons. The van der Waals surface area contributed by atoms with Gasteiger partial charge in [-0.05, 0) is 70.1 Å². The molecule has 1 aromatic heterocycles. The van der Waals surface area contributed by atoms with E-state index in [1.807, 2.05) is 36.4 Å².